The van der Waals surface area contributed by atoms with Gasteiger partial charge in [-0.05, 0) is 34.1 Å². The molecule has 7 heteroatoms. The maximum atomic E-state index is 13.8. The topological polar surface area (TPSA) is 78.3 Å². The van der Waals surface area contributed by atoms with Crippen LogP contribution in [-0.4, -0.2) is 5.91 Å². The molecular weight excluding hydrogens is 346 g/mol. The van der Waals surface area contributed by atoms with E-state index in [1.54, 1.807) is 0 Å². The summed E-state index contributed by atoms with van der Waals surface area (Å²) < 4.78 is 32.6. The van der Waals surface area contributed by atoms with Gasteiger partial charge in [0, 0.05) is 17.2 Å². The average Bonchev–Trinajstić information content (AvgIpc) is 2.38. The molecule has 0 aliphatic heterocycles. The molecule has 2 rings (SSSR count). The van der Waals surface area contributed by atoms with Crippen molar-refractivity contribution in [3.8, 4) is 5.75 Å². The van der Waals surface area contributed by atoms with Crippen LogP contribution in [0.1, 0.15) is 15.9 Å². The van der Waals surface area contributed by atoms with Crippen molar-refractivity contribution >= 4 is 27.5 Å². The van der Waals surface area contributed by atoms with Gasteiger partial charge in [-0.1, -0.05) is 6.07 Å². The molecule has 0 spiro atoms. The standard InChI is InChI=1S/C14H11BrF2N2O2/c15-10-4-9(16)5-12(18)13(10)21-6-8-2-1-7(14(19)20)3-11(8)17/h1-5H,6,18H2,(H2,19,20). The molecule has 0 aromatic heterocycles. The average molecular weight is 357 g/mol. The van der Waals surface area contributed by atoms with Crippen molar-refractivity contribution in [3.05, 3.63) is 57.6 Å². The number of benzene rings is 2. The van der Waals surface area contributed by atoms with Crippen LogP contribution in [0.25, 0.3) is 0 Å². The third kappa shape index (κ3) is 3.49. The molecule has 0 aliphatic carbocycles. The molecule has 1 amide bonds. The van der Waals surface area contributed by atoms with E-state index < -0.39 is 17.5 Å². The van der Waals surface area contributed by atoms with Crippen LogP contribution in [0, 0.1) is 11.6 Å². The first-order chi connectivity index (χ1) is 9.88. The monoisotopic (exact) mass is 356 g/mol. The highest BCUT2D eigenvalue weighted by molar-refractivity contribution is 9.10. The first-order valence-corrected chi connectivity index (χ1v) is 6.63. The zero-order valence-corrected chi connectivity index (χ0v) is 12.3. The van der Waals surface area contributed by atoms with Gasteiger partial charge >= 0.3 is 0 Å². The molecule has 2 aromatic rings. The number of primary amides is 1. The zero-order valence-electron chi connectivity index (χ0n) is 10.7. The Kier molecular flexibility index (Phi) is 4.42. The number of nitrogens with two attached hydrogens (primary N) is 2. The summed E-state index contributed by atoms with van der Waals surface area (Å²) in [5.74, 6) is -1.63. The molecule has 0 atom stereocenters. The first-order valence-electron chi connectivity index (χ1n) is 5.84. The summed E-state index contributed by atoms with van der Waals surface area (Å²) in [7, 11) is 0. The van der Waals surface area contributed by atoms with E-state index in [4.69, 9.17) is 16.2 Å². The van der Waals surface area contributed by atoms with E-state index in [0.717, 1.165) is 12.1 Å². The molecule has 0 saturated carbocycles. The molecule has 0 unspecified atom stereocenters. The van der Waals surface area contributed by atoms with Gasteiger partial charge in [0.05, 0.1) is 10.2 Å². The van der Waals surface area contributed by atoms with E-state index in [9.17, 15) is 13.6 Å². The molecule has 0 radical (unpaired) electrons. The predicted octanol–water partition coefficient (Wildman–Crippen LogP) is 2.99. The van der Waals surface area contributed by atoms with E-state index in [1.165, 1.54) is 18.2 Å². The second kappa shape index (κ2) is 6.09. The Hall–Kier alpha value is -2.15. The summed E-state index contributed by atoms with van der Waals surface area (Å²) in [6, 6.07) is 6.12. The van der Waals surface area contributed by atoms with Gasteiger partial charge in [-0.3, -0.25) is 4.79 Å². The van der Waals surface area contributed by atoms with Gasteiger partial charge in [0.25, 0.3) is 0 Å². The van der Waals surface area contributed by atoms with Crippen LogP contribution in [-0.2, 0) is 6.61 Å². The number of hydrogen-bond acceptors (Lipinski definition) is 3. The fourth-order valence-electron chi connectivity index (χ4n) is 1.70. The van der Waals surface area contributed by atoms with Crippen molar-refractivity contribution in [1.29, 1.82) is 0 Å². The van der Waals surface area contributed by atoms with E-state index in [-0.39, 0.29) is 29.2 Å². The van der Waals surface area contributed by atoms with E-state index >= 15 is 0 Å². The molecule has 0 bridgehead atoms. The van der Waals surface area contributed by atoms with Crippen molar-refractivity contribution in [3.63, 3.8) is 0 Å². The number of ether oxygens (including phenoxy) is 1. The third-order valence-corrected chi connectivity index (χ3v) is 3.34. The maximum Gasteiger partial charge on any atom is 0.248 e. The predicted molar refractivity (Wildman–Crippen MR) is 77.8 cm³/mol. The number of rotatable bonds is 4. The van der Waals surface area contributed by atoms with Crippen LogP contribution in [0.4, 0.5) is 14.5 Å². The lowest BCUT2D eigenvalue weighted by molar-refractivity contribution is 0.0999. The second-order valence-electron chi connectivity index (χ2n) is 4.27. The van der Waals surface area contributed by atoms with Crippen LogP contribution in [0.2, 0.25) is 0 Å². The fraction of sp³-hybridized carbons (Fsp3) is 0.0714. The largest absolute Gasteiger partial charge is 0.485 e. The van der Waals surface area contributed by atoms with Gasteiger partial charge in [0.2, 0.25) is 5.91 Å². The number of amides is 1. The van der Waals surface area contributed by atoms with Crippen LogP contribution in [0.3, 0.4) is 0 Å². The van der Waals surface area contributed by atoms with Crippen LogP contribution in [0.15, 0.2) is 34.8 Å². The summed E-state index contributed by atoms with van der Waals surface area (Å²) in [6.45, 7) is -0.126. The van der Waals surface area contributed by atoms with Crippen molar-refractivity contribution in [1.82, 2.24) is 0 Å². The van der Waals surface area contributed by atoms with Crippen LogP contribution >= 0.6 is 15.9 Å². The fourth-order valence-corrected chi connectivity index (χ4v) is 2.26. The number of hydrogen-bond donors (Lipinski definition) is 2. The molecule has 0 saturated heterocycles. The van der Waals surface area contributed by atoms with Gasteiger partial charge in [-0.25, -0.2) is 8.78 Å². The molecule has 0 fully saturated rings. The second-order valence-corrected chi connectivity index (χ2v) is 5.12. The molecular formula is C14H11BrF2N2O2. The Balaban J connectivity index is 2.19. The zero-order chi connectivity index (χ0) is 15.6. The Morgan fingerprint density at radius 1 is 1.24 bits per heavy atom. The first kappa shape index (κ1) is 15.2. The van der Waals surface area contributed by atoms with E-state index in [0.29, 0.717) is 4.47 Å². The number of halogens is 3. The molecule has 2 aromatic carbocycles. The van der Waals surface area contributed by atoms with Gasteiger partial charge < -0.3 is 16.2 Å². The van der Waals surface area contributed by atoms with Crippen molar-refractivity contribution < 1.29 is 18.3 Å². The van der Waals surface area contributed by atoms with Crippen molar-refractivity contribution in [2.45, 2.75) is 6.61 Å². The Morgan fingerprint density at radius 2 is 1.95 bits per heavy atom. The van der Waals surface area contributed by atoms with Crippen molar-refractivity contribution in [2.75, 3.05) is 5.73 Å². The van der Waals surface area contributed by atoms with Crippen LogP contribution in [0.5, 0.6) is 5.75 Å². The van der Waals surface area contributed by atoms with E-state index in [1.807, 2.05) is 0 Å². The highest BCUT2D eigenvalue weighted by Crippen LogP contribution is 2.33. The van der Waals surface area contributed by atoms with Gasteiger partial charge in [-0.15, -0.1) is 0 Å². The SMILES string of the molecule is NC(=O)c1ccc(COc2c(N)cc(F)cc2Br)c(F)c1. The normalized spacial score (nSPS) is 10.4. The molecule has 0 aliphatic rings. The molecule has 4 nitrogen and oxygen atoms in total. The molecule has 0 heterocycles. The lowest BCUT2D eigenvalue weighted by atomic mass is 10.1. The lowest BCUT2D eigenvalue weighted by Gasteiger charge is -2.12. The number of nitrogen functional groups attached to an aromatic ring is 1. The van der Waals surface area contributed by atoms with Crippen molar-refractivity contribution in [2.24, 2.45) is 5.73 Å². The number of carbonyl (C=O) groups excluding carboxylic acids is 1. The van der Waals surface area contributed by atoms with Gasteiger partial charge in [-0.2, -0.15) is 0 Å². The number of anilines is 1. The summed E-state index contributed by atoms with van der Waals surface area (Å²) in [5.41, 5.74) is 11.1. The van der Waals surface area contributed by atoms with Gasteiger partial charge in [0.1, 0.15) is 18.2 Å². The molecule has 4 N–H and O–H groups in total. The molecule has 110 valence electrons. The minimum Gasteiger partial charge on any atom is -0.485 e. The molecule has 21 heavy (non-hydrogen) atoms. The lowest BCUT2D eigenvalue weighted by Crippen LogP contribution is -2.12. The summed E-state index contributed by atoms with van der Waals surface area (Å²) in [6.07, 6.45) is 0. The summed E-state index contributed by atoms with van der Waals surface area (Å²) >= 11 is 3.12. The Labute approximate surface area is 127 Å². The van der Waals surface area contributed by atoms with E-state index in [2.05, 4.69) is 15.9 Å². The Bertz CT molecular complexity index is 684. The highest BCUT2D eigenvalue weighted by atomic mass is 79.9. The number of carbonyl (C=O) groups is 1. The minimum absolute atomic E-state index is 0.0683. The highest BCUT2D eigenvalue weighted by Gasteiger charge is 2.11. The summed E-state index contributed by atoms with van der Waals surface area (Å²) in [5, 5.41) is 0. The third-order valence-electron chi connectivity index (χ3n) is 2.75. The maximum absolute atomic E-state index is 13.8. The quantitative estimate of drug-likeness (QED) is 0.826. The smallest absolute Gasteiger partial charge is 0.248 e. The van der Waals surface area contributed by atoms with Crippen LogP contribution < -0.4 is 16.2 Å². The minimum atomic E-state index is -0.716. The summed E-state index contributed by atoms with van der Waals surface area (Å²) in [4.78, 5) is 10.9. The van der Waals surface area contributed by atoms with Gasteiger partial charge in [0.15, 0.2) is 5.75 Å². The Morgan fingerprint density at radius 3 is 2.52 bits per heavy atom.